The molecule has 0 unspecified atom stereocenters. The lowest BCUT2D eigenvalue weighted by molar-refractivity contribution is 0.0399. The summed E-state index contributed by atoms with van der Waals surface area (Å²) in [4.78, 5) is 0. The Balaban J connectivity index is 1.65. The highest BCUT2D eigenvalue weighted by atomic mass is 16.7. The minimum absolute atomic E-state index is 0.188. The first-order valence-corrected chi connectivity index (χ1v) is 8.27. The first-order valence-electron chi connectivity index (χ1n) is 8.27. The van der Waals surface area contributed by atoms with Gasteiger partial charge in [-0.2, -0.15) is 0 Å². The highest BCUT2D eigenvalue weighted by Gasteiger charge is 2.52. The van der Waals surface area contributed by atoms with Crippen LogP contribution in [0.2, 0.25) is 0 Å². The normalized spacial score (nSPS) is 28.9. The Morgan fingerprint density at radius 2 is 1.88 bits per heavy atom. The summed E-state index contributed by atoms with van der Waals surface area (Å²) in [5.74, 6) is 0.873. The van der Waals surface area contributed by atoms with Crippen LogP contribution in [-0.2, 0) is 4.74 Å². The molecule has 2 aliphatic rings. The van der Waals surface area contributed by atoms with Gasteiger partial charge in [0.25, 0.3) is 0 Å². The number of ether oxygens (including phenoxy) is 3. The van der Waals surface area contributed by atoms with Crippen LogP contribution in [0.4, 0.5) is 0 Å². The number of aliphatic hydroxyl groups excluding tert-OH is 2. The number of hydrogen-bond donors (Lipinski definition) is 3. The molecule has 6 nitrogen and oxygen atoms in total. The second-order valence-corrected chi connectivity index (χ2v) is 6.56. The van der Waals surface area contributed by atoms with Gasteiger partial charge in [-0.05, 0) is 23.3 Å². The Morgan fingerprint density at radius 1 is 1.12 bits per heavy atom. The van der Waals surface area contributed by atoms with E-state index in [0.29, 0.717) is 11.5 Å². The number of hydrogen-bond acceptors (Lipinski definition) is 6. The van der Waals surface area contributed by atoms with E-state index in [4.69, 9.17) is 19.9 Å². The summed E-state index contributed by atoms with van der Waals surface area (Å²) < 4.78 is 16.7. The summed E-state index contributed by atoms with van der Waals surface area (Å²) in [6.45, 7) is 0.139. The molecular formula is C19H21NO5. The lowest BCUT2D eigenvalue weighted by atomic mass is 9.76. The third-order valence-electron chi connectivity index (χ3n) is 5.12. The Kier molecular flexibility index (Phi) is 4.13. The minimum Gasteiger partial charge on any atom is -0.454 e. The highest BCUT2D eigenvalue weighted by Crippen LogP contribution is 2.47. The van der Waals surface area contributed by atoms with Gasteiger partial charge in [0.1, 0.15) is 6.10 Å². The fraction of sp³-hybridized carbons (Fsp3) is 0.368. The molecular weight excluding hydrogens is 322 g/mol. The maximum atomic E-state index is 10.8. The Hall–Kier alpha value is -2.12. The smallest absolute Gasteiger partial charge is 0.231 e. The molecule has 2 aliphatic heterocycles. The zero-order chi connectivity index (χ0) is 17.4. The molecule has 6 heteroatoms. The predicted molar refractivity (Wildman–Crippen MR) is 90.2 cm³/mol. The van der Waals surface area contributed by atoms with Gasteiger partial charge in [-0.1, -0.05) is 36.4 Å². The quantitative estimate of drug-likeness (QED) is 0.779. The van der Waals surface area contributed by atoms with E-state index >= 15 is 0 Å². The summed E-state index contributed by atoms with van der Waals surface area (Å²) in [5, 5.41) is 20.8. The van der Waals surface area contributed by atoms with Crippen LogP contribution >= 0.6 is 0 Å². The largest absolute Gasteiger partial charge is 0.454 e. The van der Waals surface area contributed by atoms with Crippen LogP contribution in [0.25, 0.3) is 0 Å². The number of benzene rings is 2. The minimum atomic E-state index is -1.11. The second kappa shape index (κ2) is 6.31. The molecule has 4 N–H and O–H groups in total. The van der Waals surface area contributed by atoms with Crippen LogP contribution in [0, 0.1) is 5.92 Å². The van der Waals surface area contributed by atoms with E-state index in [1.807, 2.05) is 42.5 Å². The molecule has 0 aliphatic carbocycles. The van der Waals surface area contributed by atoms with Crippen molar-refractivity contribution in [2.45, 2.75) is 17.7 Å². The van der Waals surface area contributed by atoms with E-state index in [-0.39, 0.29) is 20.0 Å². The molecule has 2 aromatic carbocycles. The topological polar surface area (TPSA) is 94.2 Å². The van der Waals surface area contributed by atoms with Crippen molar-refractivity contribution in [2.75, 3.05) is 20.0 Å². The van der Waals surface area contributed by atoms with E-state index < -0.39 is 23.7 Å². The average molecular weight is 343 g/mol. The number of aliphatic hydroxyl groups is 2. The first-order chi connectivity index (χ1) is 12.1. The van der Waals surface area contributed by atoms with Gasteiger partial charge < -0.3 is 30.2 Å². The summed E-state index contributed by atoms with van der Waals surface area (Å²) >= 11 is 0. The molecule has 4 rings (SSSR count). The molecule has 0 amide bonds. The van der Waals surface area contributed by atoms with Crippen molar-refractivity contribution in [3.63, 3.8) is 0 Å². The predicted octanol–water partition coefficient (Wildman–Crippen LogP) is 1.53. The number of fused-ring (bicyclic) bond motifs is 1. The van der Waals surface area contributed by atoms with Crippen LogP contribution in [0.3, 0.4) is 0 Å². The highest BCUT2D eigenvalue weighted by molar-refractivity contribution is 5.46. The molecule has 1 saturated heterocycles. The maximum Gasteiger partial charge on any atom is 0.231 e. The van der Waals surface area contributed by atoms with Crippen molar-refractivity contribution in [1.29, 1.82) is 0 Å². The van der Waals surface area contributed by atoms with Gasteiger partial charge in [-0.3, -0.25) is 0 Å². The van der Waals surface area contributed by atoms with Crippen molar-refractivity contribution in [3.8, 4) is 11.5 Å². The molecule has 4 atom stereocenters. The molecule has 0 radical (unpaired) electrons. The van der Waals surface area contributed by atoms with E-state index in [9.17, 15) is 10.2 Å². The molecule has 132 valence electrons. The third kappa shape index (κ3) is 2.67. The molecule has 2 heterocycles. The lowest BCUT2D eigenvalue weighted by Crippen LogP contribution is -2.53. The van der Waals surface area contributed by atoms with Crippen LogP contribution in [0.1, 0.15) is 23.3 Å². The summed E-state index contributed by atoms with van der Waals surface area (Å²) in [7, 11) is 0. The molecule has 0 aromatic heterocycles. The van der Waals surface area contributed by atoms with Crippen molar-refractivity contribution in [2.24, 2.45) is 11.7 Å². The van der Waals surface area contributed by atoms with Crippen LogP contribution in [-0.4, -0.2) is 35.8 Å². The Bertz CT molecular complexity index is 753. The van der Waals surface area contributed by atoms with Crippen molar-refractivity contribution in [3.05, 3.63) is 59.7 Å². The van der Waals surface area contributed by atoms with Crippen LogP contribution < -0.4 is 15.2 Å². The summed E-state index contributed by atoms with van der Waals surface area (Å²) in [6.07, 6.45) is -1.37. The van der Waals surface area contributed by atoms with Crippen molar-refractivity contribution >= 4 is 0 Å². The number of nitrogens with two attached hydrogens (primary N) is 1. The van der Waals surface area contributed by atoms with Gasteiger partial charge in [0.05, 0.1) is 24.9 Å². The van der Waals surface area contributed by atoms with E-state index in [2.05, 4.69) is 0 Å². The van der Waals surface area contributed by atoms with E-state index in [1.165, 1.54) is 0 Å². The first kappa shape index (κ1) is 16.4. The van der Waals surface area contributed by atoms with Gasteiger partial charge in [0.15, 0.2) is 11.5 Å². The molecule has 0 bridgehead atoms. The van der Waals surface area contributed by atoms with Gasteiger partial charge in [0, 0.05) is 5.92 Å². The SMILES string of the molecule is N[C@]1(CO)[C@@H](c2ccc3c(c2)OCO3)OC[C@@H]1[C@H](O)c1ccccc1. The van der Waals surface area contributed by atoms with Gasteiger partial charge in [0.2, 0.25) is 6.79 Å². The van der Waals surface area contributed by atoms with E-state index in [1.54, 1.807) is 6.07 Å². The van der Waals surface area contributed by atoms with Crippen LogP contribution in [0.5, 0.6) is 11.5 Å². The van der Waals surface area contributed by atoms with E-state index in [0.717, 1.165) is 11.1 Å². The van der Waals surface area contributed by atoms with Crippen molar-refractivity contribution < 1.29 is 24.4 Å². The van der Waals surface area contributed by atoms with Gasteiger partial charge in [-0.25, -0.2) is 0 Å². The fourth-order valence-corrected chi connectivity index (χ4v) is 3.66. The maximum absolute atomic E-state index is 10.8. The molecule has 0 spiro atoms. The average Bonchev–Trinajstić information content (AvgIpc) is 3.25. The zero-order valence-electron chi connectivity index (χ0n) is 13.7. The molecule has 0 saturated carbocycles. The van der Waals surface area contributed by atoms with Gasteiger partial charge in [-0.15, -0.1) is 0 Å². The second-order valence-electron chi connectivity index (χ2n) is 6.56. The third-order valence-corrected chi connectivity index (χ3v) is 5.12. The fourth-order valence-electron chi connectivity index (χ4n) is 3.66. The monoisotopic (exact) mass is 343 g/mol. The van der Waals surface area contributed by atoms with Crippen LogP contribution in [0.15, 0.2) is 48.5 Å². The lowest BCUT2D eigenvalue weighted by Gasteiger charge is -2.35. The summed E-state index contributed by atoms with van der Waals surface area (Å²) in [5.41, 5.74) is 7.00. The molecule has 1 fully saturated rings. The van der Waals surface area contributed by atoms with Crippen molar-refractivity contribution in [1.82, 2.24) is 0 Å². The Labute approximate surface area is 145 Å². The molecule has 25 heavy (non-hydrogen) atoms. The van der Waals surface area contributed by atoms with Gasteiger partial charge >= 0.3 is 0 Å². The standard InChI is InChI=1S/C19H21NO5/c20-19(10-21)14(17(22)12-4-2-1-3-5-12)9-23-18(19)13-6-7-15-16(8-13)25-11-24-15/h1-8,14,17-18,21-22H,9-11,20H2/t14-,17-,18-,19+/m1/s1. The zero-order valence-corrected chi connectivity index (χ0v) is 13.7. The molecule has 2 aromatic rings. The Morgan fingerprint density at radius 3 is 2.64 bits per heavy atom. The number of rotatable bonds is 4. The summed E-state index contributed by atoms with van der Waals surface area (Å²) in [6, 6.07) is 14.8.